The maximum atomic E-state index is 11.8. The van der Waals surface area contributed by atoms with Crippen LogP contribution in [0, 0.1) is 16.7 Å². The van der Waals surface area contributed by atoms with Crippen LogP contribution in [0.3, 0.4) is 0 Å². The minimum absolute atomic E-state index is 0.0124. The van der Waals surface area contributed by atoms with E-state index in [0.717, 1.165) is 75.2 Å². The molecule has 9 heteroatoms. The highest BCUT2D eigenvalue weighted by Crippen LogP contribution is 2.32. The molecule has 3 aliphatic rings. The van der Waals surface area contributed by atoms with Crippen LogP contribution in [0.4, 0.5) is 10.5 Å². The first kappa shape index (κ1) is 27.6. The molecular weight excluding hydrogens is 492 g/mol. The first-order valence-corrected chi connectivity index (χ1v) is 14.3. The van der Waals surface area contributed by atoms with Crippen LogP contribution in [0.25, 0.3) is 10.9 Å². The lowest BCUT2D eigenvalue weighted by Gasteiger charge is -2.49. The van der Waals surface area contributed by atoms with E-state index in [-0.39, 0.29) is 23.7 Å². The van der Waals surface area contributed by atoms with Gasteiger partial charge in [-0.1, -0.05) is 20.8 Å². The Morgan fingerprint density at radius 1 is 1.13 bits per heavy atom. The number of carbonyl (C=O) groups is 1. The number of nitrogens with zero attached hydrogens (tertiary/aromatic N) is 6. The van der Waals surface area contributed by atoms with Crippen LogP contribution in [0.5, 0.6) is 0 Å². The van der Waals surface area contributed by atoms with Crippen molar-refractivity contribution >= 4 is 22.7 Å². The average Bonchev–Trinajstić information content (AvgIpc) is 2.91. The predicted molar refractivity (Wildman–Crippen MR) is 152 cm³/mol. The Labute approximate surface area is 231 Å². The number of benzene rings is 1. The number of likely N-dealkylation sites (tertiary alicyclic amines) is 1. The summed E-state index contributed by atoms with van der Waals surface area (Å²) in [6.07, 6.45) is 3.37. The highest BCUT2D eigenvalue weighted by molar-refractivity contribution is 5.95. The number of aromatic nitrogens is 1. The highest BCUT2D eigenvalue weighted by Gasteiger charge is 2.40. The number of anilines is 1. The number of amides is 1. The summed E-state index contributed by atoms with van der Waals surface area (Å²) < 4.78 is 6.40. The van der Waals surface area contributed by atoms with E-state index in [9.17, 15) is 15.2 Å². The summed E-state index contributed by atoms with van der Waals surface area (Å²) in [6.45, 7) is 15.4. The number of morpholine rings is 1. The second-order valence-corrected chi connectivity index (χ2v) is 12.5. The molecule has 1 aromatic heterocycles. The molecular formula is C30H42N6O3. The number of nitriles is 1. The van der Waals surface area contributed by atoms with Gasteiger partial charge in [0.05, 0.1) is 29.3 Å². The van der Waals surface area contributed by atoms with Crippen LogP contribution in [0.1, 0.15) is 46.1 Å². The molecule has 39 heavy (non-hydrogen) atoms. The van der Waals surface area contributed by atoms with E-state index in [1.54, 1.807) is 11.1 Å². The van der Waals surface area contributed by atoms with Crippen LogP contribution in [-0.4, -0.2) is 108 Å². The minimum atomic E-state index is -0.801. The Kier molecular flexibility index (Phi) is 7.99. The van der Waals surface area contributed by atoms with Crippen molar-refractivity contribution in [1.82, 2.24) is 19.7 Å². The molecule has 0 bridgehead atoms. The number of hydrogen-bond acceptors (Lipinski definition) is 7. The van der Waals surface area contributed by atoms with Crippen molar-refractivity contribution in [3.8, 4) is 6.07 Å². The third-order valence-corrected chi connectivity index (χ3v) is 8.73. The quantitative estimate of drug-likeness (QED) is 0.632. The van der Waals surface area contributed by atoms with Crippen LogP contribution >= 0.6 is 0 Å². The van der Waals surface area contributed by atoms with Gasteiger partial charge in [0, 0.05) is 62.6 Å². The Bertz CT molecular complexity index is 1220. The predicted octanol–water partition coefficient (Wildman–Crippen LogP) is 3.87. The van der Waals surface area contributed by atoms with Crippen molar-refractivity contribution in [2.24, 2.45) is 5.41 Å². The van der Waals surface area contributed by atoms with Crippen molar-refractivity contribution in [3.05, 3.63) is 36.0 Å². The lowest BCUT2D eigenvalue weighted by atomic mass is 9.83. The summed E-state index contributed by atoms with van der Waals surface area (Å²) >= 11 is 0. The van der Waals surface area contributed by atoms with E-state index in [4.69, 9.17) is 4.74 Å². The molecule has 9 nitrogen and oxygen atoms in total. The third-order valence-electron chi connectivity index (χ3n) is 8.73. The topological polar surface area (TPSA) is 96.2 Å². The standard InChI is InChI=1S/C30H42N6O3/c1-21-17-35(26-8-7-22(16-31)28-25(26)6-5-11-32-28)19-24(39-21)18-33-12-9-23(10-13-33)34-14-15-36(29(37)38)27(20-34)30(2,3)4/h5-8,11,21,23-24,27H,9-10,12-15,17-20H2,1-4H3,(H,37,38)/t21-,24+,27?/m1/s1. The minimum Gasteiger partial charge on any atom is -0.465 e. The van der Waals surface area contributed by atoms with Gasteiger partial charge in [0.15, 0.2) is 0 Å². The molecule has 1 aromatic carbocycles. The van der Waals surface area contributed by atoms with Gasteiger partial charge in [-0.15, -0.1) is 0 Å². The summed E-state index contributed by atoms with van der Waals surface area (Å²) in [5.74, 6) is 0. The molecule has 3 atom stereocenters. The molecule has 0 aliphatic carbocycles. The maximum Gasteiger partial charge on any atom is 0.407 e. The number of hydrogen-bond donors (Lipinski definition) is 1. The van der Waals surface area contributed by atoms with Gasteiger partial charge in [-0.05, 0) is 62.5 Å². The number of ether oxygens (including phenoxy) is 1. The Balaban J connectivity index is 1.19. The van der Waals surface area contributed by atoms with Crippen LogP contribution in [0.15, 0.2) is 30.5 Å². The second-order valence-electron chi connectivity index (χ2n) is 12.5. The van der Waals surface area contributed by atoms with Gasteiger partial charge in [-0.25, -0.2) is 4.79 Å². The fourth-order valence-electron chi connectivity index (χ4n) is 6.73. The zero-order chi connectivity index (χ0) is 27.7. The zero-order valence-electron chi connectivity index (χ0n) is 23.7. The summed E-state index contributed by atoms with van der Waals surface area (Å²) in [5, 5.41) is 20.3. The average molecular weight is 535 g/mol. The van der Waals surface area contributed by atoms with Gasteiger partial charge in [-0.2, -0.15) is 5.26 Å². The highest BCUT2D eigenvalue weighted by atomic mass is 16.5. The summed E-state index contributed by atoms with van der Waals surface area (Å²) in [4.78, 5) is 25.4. The van der Waals surface area contributed by atoms with E-state index in [1.165, 1.54) is 0 Å². The van der Waals surface area contributed by atoms with E-state index in [2.05, 4.69) is 65.6 Å². The number of rotatable bonds is 4. The molecule has 1 amide bonds. The second kappa shape index (κ2) is 11.3. The van der Waals surface area contributed by atoms with Gasteiger partial charge < -0.3 is 24.5 Å². The molecule has 2 aromatic rings. The van der Waals surface area contributed by atoms with Gasteiger partial charge >= 0.3 is 6.09 Å². The van der Waals surface area contributed by atoms with E-state index < -0.39 is 6.09 Å². The van der Waals surface area contributed by atoms with Gasteiger partial charge in [0.2, 0.25) is 0 Å². The Morgan fingerprint density at radius 3 is 2.59 bits per heavy atom. The molecule has 210 valence electrons. The fraction of sp³-hybridized carbons (Fsp3) is 0.633. The monoisotopic (exact) mass is 534 g/mol. The number of fused-ring (bicyclic) bond motifs is 1. The van der Waals surface area contributed by atoms with Gasteiger partial charge in [-0.3, -0.25) is 9.88 Å². The first-order valence-electron chi connectivity index (χ1n) is 14.3. The van der Waals surface area contributed by atoms with Gasteiger partial charge in [0.25, 0.3) is 0 Å². The summed E-state index contributed by atoms with van der Waals surface area (Å²) in [6, 6.07) is 10.7. The molecule has 3 fully saturated rings. The molecule has 5 rings (SSSR count). The zero-order valence-corrected chi connectivity index (χ0v) is 23.7. The molecule has 0 saturated carbocycles. The van der Waals surface area contributed by atoms with Crippen LogP contribution < -0.4 is 4.90 Å². The Hall–Kier alpha value is -2.93. The van der Waals surface area contributed by atoms with Crippen molar-refractivity contribution < 1.29 is 14.6 Å². The number of piperidine rings is 1. The SMILES string of the molecule is C[C@@H]1CN(c2ccc(C#N)c3ncccc23)C[C@H](CN2CCC(N3CCN(C(=O)O)C(C(C)(C)C)C3)CC2)O1. The molecule has 3 aliphatic heterocycles. The molecule has 4 heterocycles. The first-order chi connectivity index (χ1) is 18.6. The van der Waals surface area contributed by atoms with E-state index in [0.29, 0.717) is 18.2 Å². The van der Waals surface area contributed by atoms with Crippen molar-refractivity contribution in [2.75, 3.05) is 57.3 Å². The maximum absolute atomic E-state index is 11.8. The molecule has 0 spiro atoms. The van der Waals surface area contributed by atoms with Gasteiger partial charge in [0.1, 0.15) is 6.07 Å². The number of pyridine rings is 1. The largest absolute Gasteiger partial charge is 0.465 e. The fourth-order valence-corrected chi connectivity index (χ4v) is 6.73. The van der Waals surface area contributed by atoms with Crippen LogP contribution in [0.2, 0.25) is 0 Å². The third kappa shape index (κ3) is 5.98. The van der Waals surface area contributed by atoms with E-state index in [1.807, 2.05) is 12.1 Å². The number of carboxylic acid groups (broad SMARTS) is 1. The van der Waals surface area contributed by atoms with E-state index >= 15 is 0 Å². The summed E-state index contributed by atoms with van der Waals surface area (Å²) in [7, 11) is 0. The van der Waals surface area contributed by atoms with Crippen LogP contribution in [-0.2, 0) is 4.74 Å². The molecule has 1 N–H and O–H groups in total. The van der Waals surface area contributed by atoms with Crippen molar-refractivity contribution in [2.45, 2.75) is 64.8 Å². The lowest BCUT2D eigenvalue weighted by molar-refractivity contribution is -0.0421. The van der Waals surface area contributed by atoms with Crippen molar-refractivity contribution in [3.63, 3.8) is 0 Å². The lowest BCUT2D eigenvalue weighted by Crippen LogP contribution is -2.62. The van der Waals surface area contributed by atoms with Crippen molar-refractivity contribution in [1.29, 1.82) is 5.26 Å². The number of piperazine rings is 1. The molecule has 0 radical (unpaired) electrons. The Morgan fingerprint density at radius 2 is 1.90 bits per heavy atom. The molecule has 3 saturated heterocycles. The smallest absolute Gasteiger partial charge is 0.407 e. The molecule has 1 unspecified atom stereocenters. The normalized spacial score (nSPS) is 26.1. The summed E-state index contributed by atoms with van der Waals surface area (Å²) in [5.41, 5.74) is 2.39.